The highest BCUT2D eigenvalue weighted by atomic mass is 32.2. The molecule has 0 spiro atoms. The molecule has 7 nitrogen and oxygen atoms in total. The predicted molar refractivity (Wildman–Crippen MR) is 87.7 cm³/mol. The second-order valence-corrected chi connectivity index (χ2v) is 8.02. The number of carbonyl (C=O) groups is 1. The Morgan fingerprint density at radius 3 is 2.71 bits per heavy atom. The van der Waals surface area contributed by atoms with Crippen LogP contribution >= 0.6 is 0 Å². The molecule has 1 aliphatic rings. The largest absolute Gasteiger partial charge is 0.481 e. The zero-order chi connectivity index (χ0) is 17.2. The molecule has 1 aromatic heterocycles. The van der Waals surface area contributed by atoms with E-state index in [2.05, 4.69) is 4.98 Å². The Bertz CT molecular complexity index is 830. The molecule has 128 valence electrons. The molecule has 0 saturated carbocycles. The zero-order valence-electron chi connectivity index (χ0n) is 13.0. The third-order valence-electron chi connectivity index (χ3n) is 4.07. The summed E-state index contributed by atoms with van der Waals surface area (Å²) in [6.07, 6.45) is 4.58. The molecule has 0 amide bonds. The van der Waals surface area contributed by atoms with Gasteiger partial charge >= 0.3 is 5.97 Å². The molecule has 1 N–H and O–H groups in total. The Kier molecular flexibility index (Phi) is 4.57. The summed E-state index contributed by atoms with van der Waals surface area (Å²) in [5.74, 6) is 0.389. The van der Waals surface area contributed by atoms with Gasteiger partial charge in [-0.1, -0.05) is 12.1 Å². The fraction of sp³-hybridized carbons (Fsp3) is 0.375. The van der Waals surface area contributed by atoms with Crippen molar-refractivity contribution in [1.82, 2.24) is 9.55 Å². The van der Waals surface area contributed by atoms with Crippen LogP contribution in [0.5, 0.6) is 5.75 Å². The lowest BCUT2D eigenvalue weighted by Crippen LogP contribution is -2.25. The summed E-state index contributed by atoms with van der Waals surface area (Å²) in [5.41, 5.74) is 0.692. The van der Waals surface area contributed by atoms with E-state index in [1.807, 2.05) is 22.9 Å². The molecular weight excluding hydrogens is 332 g/mol. The number of benzene rings is 1. The second kappa shape index (κ2) is 6.64. The number of carboxylic acids is 1. The number of hydrogen-bond acceptors (Lipinski definition) is 5. The van der Waals surface area contributed by atoms with Crippen molar-refractivity contribution in [2.75, 3.05) is 18.1 Å². The predicted octanol–water partition coefficient (Wildman–Crippen LogP) is 1.76. The molecule has 24 heavy (non-hydrogen) atoms. The third kappa shape index (κ3) is 3.59. The summed E-state index contributed by atoms with van der Waals surface area (Å²) in [6, 6.07) is 7.16. The summed E-state index contributed by atoms with van der Waals surface area (Å²) < 4.78 is 30.6. The van der Waals surface area contributed by atoms with E-state index in [9.17, 15) is 13.2 Å². The monoisotopic (exact) mass is 350 g/mol. The highest BCUT2D eigenvalue weighted by Gasteiger charge is 2.26. The molecule has 2 aromatic rings. The quantitative estimate of drug-likeness (QED) is 0.882. The first kappa shape index (κ1) is 16.5. The topological polar surface area (TPSA) is 98.5 Å². The molecule has 0 atom stereocenters. The summed E-state index contributed by atoms with van der Waals surface area (Å²) in [4.78, 5) is 15.1. The van der Waals surface area contributed by atoms with E-state index in [1.54, 1.807) is 18.3 Å². The van der Waals surface area contributed by atoms with E-state index in [0.717, 1.165) is 0 Å². The van der Waals surface area contributed by atoms with Crippen LogP contribution in [0.4, 0.5) is 0 Å². The minimum absolute atomic E-state index is 0.0542. The maximum atomic E-state index is 11.6. The van der Waals surface area contributed by atoms with E-state index in [0.29, 0.717) is 30.0 Å². The number of hydrogen-bond donors (Lipinski definition) is 1. The molecule has 8 heteroatoms. The minimum Gasteiger partial charge on any atom is -0.481 e. The van der Waals surface area contributed by atoms with Crippen LogP contribution in [0.2, 0.25) is 0 Å². The molecule has 1 aliphatic heterocycles. The van der Waals surface area contributed by atoms with Gasteiger partial charge in [0.05, 0.1) is 17.1 Å². The summed E-state index contributed by atoms with van der Waals surface area (Å²) in [6.45, 7) is -0.431. The highest BCUT2D eigenvalue weighted by Crippen LogP contribution is 2.33. The second-order valence-electron chi connectivity index (χ2n) is 5.72. The standard InChI is InChI=1S/C16H18N2O5S/c19-15(20)11-23-14-4-2-1-3-13(14)16-17-7-8-18(16)12-5-9-24(21,22)10-6-12/h1-4,7-8,12H,5-6,9-11H2,(H,19,20). The van der Waals surface area contributed by atoms with Crippen LogP contribution in [0, 0.1) is 0 Å². The summed E-state index contributed by atoms with van der Waals surface area (Å²) in [7, 11) is -2.93. The van der Waals surface area contributed by atoms with Crippen molar-refractivity contribution >= 4 is 15.8 Å². The van der Waals surface area contributed by atoms with Crippen LogP contribution in [-0.2, 0) is 14.6 Å². The van der Waals surface area contributed by atoms with Gasteiger partial charge in [-0.15, -0.1) is 0 Å². The number of nitrogens with zero attached hydrogens (tertiary/aromatic N) is 2. The van der Waals surface area contributed by atoms with Gasteiger partial charge in [0.2, 0.25) is 0 Å². The van der Waals surface area contributed by atoms with Gasteiger partial charge in [0.25, 0.3) is 0 Å². The maximum absolute atomic E-state index is 11.6. The Balaban J connectivity index is 1.89. The van der Waals surface area contributed by atoms with Gasteiger partial charge in [0.15, 0.2) is 6.61 Å². The molecule has 0 aliphatic carbocycles. The Labute approximate surface area is 139 Å². The van der Waals surface area contributed by atoms with Gasteiger partial charge in [0.1, 0.15) is 21.4 Å². The van der Waals surface area contributed by atoms with Crippen molar-refractivity contribution in [3.05, 3.63) is 36.7 Å². The Morgan fingerprint density at radius 2 is 2.00 bits per heavy atom. The molecule has 0 bridgehead atoms. The molecular formula is C16H18N2O5S. The molecule has 1 saturated heterocycles. The lowest BCUT2D eigenvalue weighted by Gasteiger charge is -2.25. The first-order chi connectivity index (χ1) is 11.5. The van der Waals surface area contributed by atoms with Gasteiger partial charge in [-0.05, 0) is 25.0 Å². The number of para-hydroxylation sites is 1. The fourth-order valence-corrected chi connectivity index (χ4v) is 4.36. The smallest absolute Gasteiger partial charge is 0.341 e. The van der Waals surface area contributed by atoms with Crippen molar-refractivity contribution in [2.24, 2.45) is 0 Å². The average molecular weight is 350 g/mol. The lowest BCUT2D eigenvalue weighted by molar-refractivity contribution is -0.139. The van der Waals surface area contributed by atoms with Crippen molar-refractivity contribution in [2.45, 2.75) is 18.9 Å². The normalized spacial score (nSPS) is 17.5. The van der Waals surface area contributed by atoms with Crippen LogP contribution in [0.3, 0.4) is 0 Å². The first-order valence-electron chi connectivity index (χ1n) is 7.63. The van der Waals surface area contributed by atoms with Crippen molar-refractivity contribution in [3.63, 3.8) is 0 Å². The number of aromatic nitrogens is 2. The van der Waals surface area contributed by atoms with E-state index in [1.165, 1.54) is 0 Å². The van der Waals surface area contributed by atoms with Crippen LogP contribution in [0.25, 0.3) is 11.4 Å². The third-order valence-corrected chi connectivity index (χ3v) is 5.78. The summed E-state index contributed by atoms with van der Waals surface area (Å²) in [5, 5.41) is 8.80. The maximum Gasteiger partial charge on any atom is 0.341 e. The summed E-state index contributed by atoms with van der Waals surface area (Å²) >= 11 is 0. The molecule has 1 fully saturated rings. The fourth-order valence-electron chi connectivity index (χ4n) is 2.89. The SMILES string of the molecule is O=C(O)COc1ccccc1-c1nccn1C1CCS(=O)(=O)CC1. The van der Waals surface area contributed by atoms with Gasteiger partial charge in [-0.2, -0.15) is 0 Å². The number of imidazole rings is 1. The number of sulfone groups is 1. The first-order valence-corrected chi connectivity index (χ1v) is 9.46. The van der Waals surface area contributed by atoms with Gasteiger partial charge in [-0.25, -0.2) is 18.2 Å². The van der Waals surface area contributed by atoms with Crippen LogP contribution < -0.4 is 4.74 Å². The Hall–Kier alpha value is -2.35. The van der Waals surface area contributed by atoms with Gasteiger partial charge in [-0.3, -0.25) is 0 Å². The number of ether oxygens (including phenoxy) is 1. The zero-order valence-corrected chi connectivity index (χ0v) is 13.8. The van der Waals surface area contributed by atoms with Gasteiger partial charge < -0.3 is 14.4 Å². The van der Waals surface area contributed by atoms with E-state index < -0.39 is 22.4 Å². The van der Waals surface area contributed by atoms with E-state index >= 15 is 0 Å². The van der Waals surface area contributed by atoms with Crippen LogP contribution in [-0.4, -0.2) is 47.2 Å². The Morgan fingerprint density at radius 1 is 1.29 bits per heavy atom. The number of rotatable bonds is 5. The number of carboxylic acid groups (broad SMARTS) is 1. The van der Waals surface area contributed by atoms with Crippen molar-refractivity contribution in [3.8, 4) is 17.1 Å². The molecule has 0 unspecified atom stereocenters. The van der Waals surface area contributed by atoms with Crippen LogP contribution in [0.1, 0.15) is 18.9 Å². The van der Waals surface area contributed by atoms with Crippen molar-refractivity contribution < 1.29 is 23.1 Å². The number of aliphatic carboxylic acids is 1. The molecule has 0 radical (unpaired) electrons. The van der Waals surface area contributed by atoms with E-state index in [-0.39, 0.29) is 17.5 Å². The van der Waals surface area contributed by atoms with E-state index in [4.69, 9.17) is 9.84 Å². The lowest BCUT2D eigenvalue weighted by atomic mass is 10.1. The molecule has 1 aromatic carbocycles. The van der Waals surface area contributed by atoms with Gasteiger partial charge in [0, 0.05) is 18.4 Å². The van der Waals surface area contributed by atoms with Crippen LogP contribution in [0.15, 0.2) is 36.7 Å². The minimum atomic E-state index is -2.93. The average Bonchev–Trinajstić information content (AvgIpc) is 3.02. The molecule has 3 rings (SSSR count). The van der Waals surface area contributed by atoms with Crippen molar-refractivity contribution in [1.29, 1.82) is 0 Å². The highest BCUT2D eigenvalue weighted by molar-refractivity contribution is 7.91. The molecule has 2 heterocycles.